The van der Waals surface area contributed by atoms with Crippen LogP contribution in [0.1, 0.15) is 41.9 Å². The van der Waals surface area contributed by atoms with Gasteiger partial charge in [0, 0.05) is 13.2 Å². The van der Waals surface area contributed by atoms with Crippen LogP contribution in [0.15, 0.2) is 30.3 Å². The van der Waals surface area contributed by atoms with E-state index in [1.165, 1.54) is 0 Å². The highest BCUT2D eigenvalue weighted by molar-refractivity contribution is 5.73. The van der Waals surface area contributed by atoms with E-state index in [0.717, 1.165) is 5.56 Å². The van der Waals surface area contributed by atoms with Gasteiger partial charge in [0.1, 0.15) is 5.69 Å². The molecule has 1 aromatic carbocycles. The van der Waals surface area contributed by atoms with Gasteiger partial charge in [-0.05, 0) is 19.4 Å². The van der Waals surface area contributed by atoms with Crippen molar-refractivity contribution in [3.63, 3.8) is 0 Å². The van der Waals surface area contributed by atoms with E-state index in [0.29, 0.717) is 31.7 Å². The van der Waals surface area contributed by atoms with E-state index >= 15 is 0 Å². The Kier molecular flexibility index (Phi) is 5.59. The summed E-state index contributed by atoms with van der Waals surface area (Å²) < 4.78 is 12.8. The summed E-state index contributed by atoms with van der Waals surface area (Å²) in [6.07, 6.45) is 0.0356. The lowest BCUT2D eigenvalue weighted by atomic mass is 10.2. The standard InChI is InChI=1S/C15H19N3O3/c1-3-20-15(21-4-2)14-13(11-19)16-17-18(14)10-12-8-6-5-7-9-12/h5-9,11,15H,3-4,10H2,1-2H3. The summed E-state index contributed by atoms with van der Waals surface area (Å²) in [5.74, 6) is 0. The molecule has 0 amide bonds. The van der Waals surface area contributed by atoms with E-state index in [1.54, 1.807) is 4.68 Å². The molecule has 2 aromatic rings. The van der Waals surface area contributed by atoms with Crippen LogP contribution < -0.4 is 0 Å². The van der Waals surface area contributed by atoms with Gasteiger partial charge in [-0.15, -0.1) is 5.10 Å². The number of aromatic nitrogens is 3. The van der Waals surface area contributed by atoms with Gasteiger partial charge >= 0.3 is 0 Å². The first kappa shape index (κ1) is 15.3. The minimum absolute atomic E-state index is 0.248. The van der Waals surface area contributed by atoms with E-state index in [9.17, 15) is 4.79 Å². The molecule has 0 saturated heterocycles. The number of nitrogens with zero attached hydrogens (tertiary/aromatic N) is 3. The Labute approximate surface area is 123 Å². The van der Waals surface area contributed by atoms with E-state index < -0.39 is 6.29 Å². The molecular formula is C15H19N3O3. The molecule has 0 aliphatic rings. The Balaban J connectivity index is 2.33. The predicted molar refractivity (Wildman–Crippen MR) is 76.9 cm³/mol. The number of benzene rings is 1. The molecule has 0 atom stereocenters. The van der Waals surface area contributed by atoms with Gasteiger partial charge in [0.15, 0.2) is 12.0 Å². The number of hydrogen-bond donors (Lipinski definition) is 0. The fourth-order valence-electron chi connectivity index (χ4n) is 2.04. The van der Waals surface area contributed by atoms with Gasteiger partial charge in [0.2, 0.25) is 6.29 Å². The van der Waals surface area contributed by atoms with Crippen LogP contribution in [0.5, 0.6) is 0 Å². The van der Waals surface area contributed by atoms with Crippen molar-refractivity contribution in [3.05, 3.63) is 47.3 Å². The molecule has 0 bridgehead atoms. The van der Waals surface area contributed by atoms with Gasteiger partial charge in [-0.25, -0.2) is 4.68 Å². The van der Waals surface area contributed by atoms with Gasteiger partial charge in [-0.3, -0.25) is 4.79 Å². The zero-order chi connectivity index (χ0) is 15.1. The van der Waals surface area contributed by atoms with Gasteiger partial charge in [-0.1, -0.05) is 35.5 Å². The van der Waals surface area contributed by atoms with E-state index in [2.05, 4.69) is 10.3 Å². The monoisotopic (exact) mass is 289 g/mol. The molecular weight excluding hydrogens is 270 g/mol. The summed E-state index contributed by atoms with van der Waals surface area (Å²) in [5, 5.41) is 7.94. The lowest BCUT2D eigenvalue weighted by Crippen LogP contribution is -2.17. The molecule has 0 aliphatic carbocycles. The molecule has 1 heterocycles. The van der Waals surface area contributed by atoms with Crippen LogP contribution in [0, 0.1) is 0 Å². The first-order valence-corrected chi connectivity index (χ1v) is 6.95. The zero-order valence-electron chi connectivity index (χ0n) is 12.2. The first-order valence-electron chi connectivity index (χ1n) is 6.95. The smallest absolute Gasteiger partial charge is 0.203 e. The second-order valence-electron chi connectivity index (χ2n) is 4.36. The number of aldehydes is 1. The topological polar surface area (TPSA) is 66.2 Å². The van der Waals surface area contributed by atoms with Crippen molar-refractivity contribution in [1.82, 2.24) is 15.0 Å². The van der Waals surface area contributed by atoms with Crippen LogP contribution in [0.25, 0.3) is 0 Å². The summed E-state index contributed by atoms with van der Waals surface area (Å²) in [7, 11) is 0. The minimum atomic E-state index is -0.640. The molecule has 21 heavy (non-hydrogen) atoms. The molecule has 0 aliphatic heterocycles. The highest BCUT2D eigenvalue weighted by Crippen LogP contribution is 2.21. The third kappa shape index (κ3) is 3.74. The maximum Gasteiger partial charge on any atom is 0.203 e. The second kappa shape index (κ2) is 7.66. The number of ether oxygens (including phenoxy) is 2. The van der Waals surface area contributed by atoms with Crippen molar-refractivity contribution in [1.29, 1.82) is 0 Å². The Hall–Kier alpha value is -2.05. The van der Waals surface area contributed by atoms with Gasteiger partial charge in [0.25, 0.3) is 0 Å². The quantitative estimate of drug-likeness (QED) is 0.550. The van der Waals surface area contributed by atoms with Crippen molar-refractivity contribution >= 4 is 6.29 Å². The van der Waals surface area contributed by atoms with Crippen LogP contribution in [-0.4, -0.2) is 34.5 Å². The van der Waals surface area contributed by atoms with Gasteiger partial charge in [0.05, 0.1) is 6.54 Å². The van der Waals surface area contributed by atoms with Crippen LogP contribution in [0.3, 0.4) is 0 Å². The Morgan fingerprint density at radius 2 is 1.86 bits per heavy atom. The zero-order valence-corrected chi connectivity index (χ0v) is 12.2. The van der Waals surface area contributed by atoms with Crippen molar-refractivity contribution < 1.29 is 14.3 Å². The molecule has 1 aromatic heterocycles. The van der Waals surface area contributed by atoms with Crippen LogP contribution in [0.2, 0.25) is 0 Å². The molecule has 0 radical (unpaired) electrons. The van der Waals surface area contributed by atoms with Crippen molar-refractivity contribution in [2.45, 2.75) is 26.7 Å². The maximum atomic E-state index is 11.2. The number of hydrogen-bond acceptors (Lipinski definition) is 5. The summed E-state index contributed by atoms with van der Waals surface area (Å²) in [6.45, 7) is 5.20. The maximum absolute atomic E-state index is 11.2. The summed E-state index contributed by atoms with van der Waals surface area (Å²) >= 11 is 0. The summed E-state index contributed by atoms with van der Waals surface area (Å²) in [6, 6.07) is 9.83. The normalized spacial score (nSPS) is 11.0. The number of carbonyl (C=O) groups is 1. The third-order valence-electron chi connectivity index (χ3n) is 2.95. The van der Waals surface area contributed by atoms with Gasteiger partial charge < -0.3 is 9.47 Å². The summed E-state index contributed by atoms with van der Waals surface area (Å²) in [4.78, 5) is 11.2. The minimum Gasteiger partial charge on any atom is -0.347 e. The highest BCUT2D eigenvalue weighted by Gasteiger charge is 2.23. The molecule has 0 saturated carbocycles. The predicted octanol–water partition coefficient (Wildman–Crippen LogP) is 2.21. The van der Waals surface area contributed by atoms with Crippen molar-refractivity contribution in [2.24, 2.45) is 0 Å². The van der Waals surface area contributed by atoms with E-state index in [1.807, 2.05) is 44.2 Å². The second-order valence-corrected chi connectivity index (χ2v) is 4.36. The number of carbonyl (C=O) groups excluding carboxylic acids is 1. The molecule has 0 N–H and O–H groups in total. The van der Waals surface area contributed by atoms with Gasteiger partial charge in [-0.2, -0.15) is 0 Å². The Bertz CT molecular complexity index is 563. The fraction of sp³-hybridized carbons (Fsp3) is 0.400. The lowest BCUT2D eigenvalue weighted by molar-refractivity contribution is -0.144. The van der Waals surface area contributed by atoms with E-state index in [4.69, 9.17) is 9.47 Å². The molecule has 2 rings (SSSR count). The van der Waals surface area contributed by atoms with Crippen LogP contribution in [0.4, 0.5) is 0 Å². The molecule has 6 heteroatoms. The Morgan fingerprint density at radius 1 is 1.19 bits per heavy atom. The van der Waals surface area contributed by atoms with Crippen LogP contribution >= 0.6 is 0 Å². The molecule has 6 nitrogen and oxygen atoms in total. The first-order chi connectivity index (χ1) is 10.3. The average molecular weight is 289 g/mol. The van der Waals surface area contributed by atoms with Crippen LogP contribution in [-0.2, 0) is 16.0 Å². The van der Waals surface area contributed by atoms with E-state index in [-0.39, 0.29) is 5.69 Å². The van der Waals surface area contributed by atoms with Crippen molar-refractivity contribution in [2.75, 3.05) is 13.2 Å². The average Bonchev–Trinajstić information content (AvgIpc) is 2.90. The molecule has 112 valence electrons. The highest BCUT2D eigenvalue weighted by atomic mass is 16.7. The fourth-order valence-corrected chi connectivity index (χ4v) is 2.04. The summed E-state index contributed by atoms with van der Waals surface area (Å²) in [5.41, 5.74) is 1.86. The van der Waals surface area contributed by atoms with Crippen molar-refractivity contribution in [3.8, 4) is 0 Å². The molecule has 0 spiro atoms. The molecule has 0 fully saturated rings. The number of rotatable bonds is 8. The molecule has 0 unspecified atom stereocenters. The SMILES string of the molecule is CCOC(OCC)c1c(C=O)nnn1Cc1ccccc1. The third-order valence-corrected chi connectivity index (χ3v) is 2.95. The Morgan fingerprint density at radius 3 is 2.43 bits per heavy atom. The lowest BCUT2D eigenvalue weighted by Gasteiger charge is -2.18. The largest absolute Gasteiger partial charge is 0.347 e.